The highest BCUT2D eigenvalue weighted by atomic mass is 35.5. The van der Waals surface area contributed by atoms with Gasteiger partial charge in [-0.2, -0.15) is 0 Å². The number of halogens is 3. The number of hydrogen-bond acceptors (Lipinski definition) is 5. The summed E-state index contributed by atoms with van der Waals surface area (Å²) in [5.41, 5.74) is 0.177. The zero-order valence-electron chi connectivity index (χ0n) is 20.5. The molecule has 0 spiro atoms. The summed E-state index contributed by atoms with van der Waals surface area (Å²) in [6, 6.07) is 8.14. The molecule has 4 amide bonds. The van der Waals surface area contributed by atoms with Crippen LogP contribution in [0.5, 0.6) is 5.75 Å². The topological polar surface area (TPSA) is 95.0 Å². The summed E-state index contributed by atoms with van der Waals surface area (Å²) in [6.45, 7) is 1.72. The van der Waals surface area contributed by atoms with Gasteiger partial charge in [0.05, 0.1) is 33.9 Å². The Kier molecular flexibility index (Phi) is 5.53. The maximum Gasteiger partial charge on any atom is 0.241 e. The molecular formula is C28H23Cl2FN2O5. The molecule has 38 heavy (non-hydrogen) atoms. The molecule has 2 aromatic carbocycles. The van der Waals surface area contributed by atoms with Crippen LogP contribution in [-0.2, 0) is 19.2 Å². The molecule has 3 fully saturated rings. The van der Waals surface area contributed by atoms with Crippen LogP contribution in [-0.4, -0.2) is 40.7 Å². The summed E-state index contributed by atoms with van der Waals surface area (Å²) in [5.74, 6) is -5.43. The van der Waals surface area contributed by atoms with E-state index in [-0.39, 0.29) is 39.7 Å². The monoisotopic (exact) mass is 556 g/mol. The molecule has 0 aromatic heterocycles. The largest absolute Gasteiger partial charge is 0.508 e. The van der Waals surface area contributed by atoms with E-state index in [1.54, 1.807) is 13.0 Å². The Morgan fingerprint density at radius 2 is 1.71 bits per heavy atom. The maximum absolute atomic E-state index is 14.2. The van der Waals surface area contributed by atoms with Crippen LogP contribution in [0.1, 0.15) is 31.2 Å². The number of phenolic OH excluding ortho intramolecular Hbond substituents is 1. The minimum absolute atomic E-state index is 0.0555. The fraction of sp³-hybridized carbons (Fsp3) is 0.357. The predicted molar refractivity (Wildman–Crippen MR) is 137 cm³/mol. The fourth-order valence-corrected chi connectivity index (χ4v) is 7.60. The molecule has 6 rings (SSSR count). The number of fused-ring (bicyclic) bond motifs is 4. The second-order valence-electron chi connectivity index (χ2n) is 10.7. The standard InChI is InChI=1S/C28H23Cl2FN2O5/c1-28-18(25(36)33(27(28)38)12-3-8-21(31)20(30)9-12)11-17-14(23(28)15-5-4-13(34)10-19(15)29)6-7-16-22(17)26(37)32(2)24(16)35/h3-6,8-10,16-18,22-23,34H,7,11H2,1-2H3/t16-,17+,18-,22-,23+,28+/m0/s1. The van der Waals surface area contributed by atoms with Crippen molar-refractivity contribution in [3.63, 3.8) is 0 Å². The third kappa shape index (κ3) is 3.19. The summed E-state index contributed by atoms with van der Waals surface area (Å²) >= 11 is 12.6. The molecular weight excluding hydrogens is 534 g/mol. The zero-order valence-corrected chi connectivity index (χ0v) is 22.0. The highest BCUT2D eigenvalue weighted by Gasteiger charge is 2.67. The number of aromatic hydroxyl groups is 1. The van der Waals surface area contributed by atoms with Crippen molar-refractivity contribution in [1.29, 1.82) is 0 Å². The first-order valence-electron chi connectivity index (χ1n) is 12.3. The van der Waals surface area contributed by atoms with Crippen LogP contribution >= 0.6 is 23.2 Å². The van der Waals surface area contributed by atoms with Gasteiger partial charge in [-0.25, -0.2) is 9.29 Å². The van der Waals surface area contributed by atoms with Gasteiger partial charge in [0.15, 0.2) is 0 Å². The Bertz CT molecular complexity index is 1490. The minimum atomic E-state index is -1.30. The smallest absolute Gasteiger partial charge is 0.241 e. The van der Waals surface area contributed by atoms with E-state index in [2.05, 4.69) is 0 Å². The van der Waals surface area contributed by atoms with Crippen LogP contribution in [0.15, 0.2) is 48.0 Å². The third-order valence-corrected chi connectivity index (χ3v) is 9.57. The first-order valence-corrected chi connectivity index (χ1v) is 13.1. The van der Waals surface area contributed by atoms with E-state index in [9.17, 15) is 28.7 Å². The van der Waals surface area contributed by atoms with E-state index in [1.807, 2.05) is 6.08 Å². The molecule has 10 heteroatoms. The van der Waals surface area contributed by atoms with Gasteiger partial charge in [-0.15, -0.1) is 0 Å². The van der Waals surface area contributed by atoms with Crippen LogP contribution in [0.4, 0.5) is 10.1 Å². The summed E-state index contributed by atoms with van der Waals surface area (Å²) in [5, 5.41) is 10.0. The summed E-state index contributed by atoms with van der Waals surface area (Å²) in [6.07, 6.45) is 2.44. The van der Waals surface area contributed by atoms with E-state index in [4.69, 9.17) is 23.2 Å². The van der Waals surface area contributed by atoms with Crippen LogP contribution < -0.4 is 4.90 Å². The number of carbonyl (C=O) groups is 4. The summed E-state index contributed by atoms with van der Waals surface area (Å²) < 4.78 is 13.9. The van der Waals surface area contributed by atoms with Gasteiger partial charge in [0.25, 0.3) is 0 Å². The number of allylic oxidation sites excluding steroid dienone is 2. The highest BCUT2D eigenvalue weighted by molar-refractivity contribution is 6.32. The van der Waals surface area contributed by atoms with Crippen molar-refractivity contribution in [2.75, 3.05) is 11.9 Å². The molecule has 1 saturated carbocycles. The Hall–Kier alpha value is -3.23. The van der Waals surface area contributed by atoms with Crippen molar-refractivity contribution in [1.82, 2.24) is 4.90 Å². The molecule has 0 radical (unpaired) electrons. The van der Waals surface area contributed by atoms with Gasteiger partial charge in [0.1, 0.15) is 11.6 Å². The Morgan fingerprint density at radius 3 is 2.39 bits per heavy atom. The van der Waals surface area contributed by atoms with Gasteiger partial charge in [0.2, 0.25) is 23.6 Å². The molecule has 7 nitrogen and oxygen atoms in total. The molecule has 4 aliphatic rings. The molecule has 2 aliphatic heterocycles. The number of rotatable bonds is 2. The first kappa shape index (κ1) is 25.1. The lowest BCUT2D eigenvalue weighted by Gasteiger charge is -2.49. The van der Waals surface area contributed by atoms with Gasteiger partial charge < -0.3 is 5.11 Å². The number of anilines is 1. The second-order valence-corrected chi connectivity index (χ2v) is 11.5. The minimum Gasteiger partial charge on any atom is -0.508 e. The highest BCUT2D eigenvalue weighted by Crippen LogP contribution is 2.64. The molecule has 0 unspecified atom stereocenters. The predicted octanol–water partition coefficient (Wildman–Crippen LogP) is 4.70. The molecule has 2 saturated heterocycles. The van der Waals surface area contributed by atoms with E-state index in [1.165, 1.54) is 31.3 Å². The number of benzene rings is 2. The van der Waals surface area contributed by atoms with Crippen molar-refractivity contribution < 1.29 is 28.7 Å². The zero-order chi connectivity index (χ0) is 27.3. The Morgan fingerprint density at radius 1 is 0.974 bits per heavy atom. The Labute approximate surface area is 227 Å². The van der Waals surface area contributed by atoms with Gasteiger partial charge >= 0.3 is 0 Å². The molecule has 6 atom stereocenters. The van der Waals surface area contributed by atoms with Crippen molar-refractivity contribution in [3.8, 4) is 5.75 Å². The quantitative estimate of drug-likeness (QED) is 0.427. The SMILES string of the molecule is CN1C(=O)[C@H]2[C@H](CC=C3[C@H]2C[C@H]2C(=O)N(c4ccc(F)c(Cl)c4)C(=O)[C@@]2(C)[C@H]3c2ccc(O)cc2Cl)C1=O. The van der Waals surface area contributed by atoms with E-state index < -0.39 is 52.6 Å². The van der Waals surface area contributed by atoms with Crippen LogP contribution in [0.2, 0.25) is 10.0 Å². The summed E-state index contributed by atoms with van der Waals surface area (Å²) in [7, 11) is 1.47. The van der Waals surface area contributed by atoms with E-state index >= 15 is 0 Å². The molecule has 2 aromatic rings. The lowest BCUT2D eigenvalue weighted by atomic mass is 9.51. The van der Waals surface area contributed by atoms with Crippen LogP contribution in [0, 0.1) is 34.9 Å². The van der Waals surface area contributed by atoms with Gasteiger partial charge in [-0.1, -0.05) is 40.9 Å². The van der Waals surface area contributed by atoms with Gasteiger partial charge in [-0.05, 0) is 61.6 Å². The van der Waals surface area contributed by atoms with E-state index in [0.717, 1.165) is 21.4 Å². The fourth-order valence-electron chi connectivity index (χ4n) is 7.14. The molecule has 196 valence electrons. The van der Waals surface area contributed by atoms with Gasteiger partial charge in [0, 0.05) is 18.0 Å². The third-order valence-electron chi connectivity index (χ3n) is 8.95. The average molecular weight is 557 g/mol. The number of phenols is 1. The van der Waals surface area contributed by atoms with Crippen LogP contribution in [0.3, 0.4) is 0 Å². The number of amides is 4. The number of imide groups is 2. The summed E-state index contributed by atoms with van der Waals surface area (Å²) in [4.78, 5) is 56.4. The first-order chi connectivity index (χ1) is 18.0. The number of nitrogens with zero attached hydrogens (tertiary/aromatic N) is 2. The second kappa shape index (κ2) is 8.38. The maximum atomic E-state index is 14.2. The van der Waals surface area contributed by atoms with Crippen molar-refractivity contribution in [2.24, 2.45) is 29.1 Å². The van der Waals surface area contributed by atoms with Crippen LogP contribution in [0.25, 0.3) is 0 Å². The number of likely N-dealkylation sites (tertiary alicyclic amines) is 1. The number of carbonyl (C=O) groups excluding carboxylic acids is 4. The van der Waals surface area contributed by atoms with Crippen molar-refractivity contribution in [2.45, 2.75) is 25.7 Å². The molecule has 1 N–H and O–H groups in total. The molecule has 0 bridgehead atoms. The average Bonchev–Trinajstić information content (AvgIpc) is 3.21. The van der Waals surface area contributed by atoms with Gasteiger partial charge in [-0.3, -0.25) is 24.1 Å². The van der Waals surface area contributed by atoms with Crippen molar-refractivity contribution in [3.05, 3.63) is 69.5 Å². The Balaban J connectivity index is 1.55. The normalized spacial score (nSPS) is 32.3. The van der Waals surface area contributed by atoms with Crippen molar-refractivity contribution >= 4 is 52.5 Å². The lowest BCUT2D eigenvalue weighted by Crippen LogP contribution is -2.48. The number of hydrogen-bond donors (Lipinski definition) is 1. The molecule has 2 heterocycles. The molecule has 2 aliphatic carbocycles. The van der Waals surface area contributed by atoms with E-state index in [0.29, 0.717) is 12.0 Å². The lowest BCUT2D eigenvalue weighted by molar-refractivity contribution is -0.138.